The first-order valence-corrected chi connectivity index (χ1v) is 6.14. The molecule has 4 heteroatoms. The van der Waals surface area contributed by atoms with Crippen LogP contribution in [0, 0.1) is 0 Å². The quantitative estimate of drug-likeness (QED) is 0.900. The van der Waals surface area contributed by atoms with Crippen molar-refractivity contribution in [3.8, 4) is 17.0 Å². The fourth-order valence-corrected chi connectivity index (χ4v) is 1.81. The van der Waals surface area contributed by atoms with Crippen molar-refractivity contribution in [2.24, 2.45) is 0 Å². The van der Waals surface area contributed by atoms with Gasteiger partial charge in [-0.2, -0.15) is 5.10 Å². The number of ether oxygens (including phenoxy) is 1. The molecule has 0 aliphatic rings. The van der Waals surface area contributed by atoms with Crippen LogP contribution in [-0.2, 0) is 0 Å². The summed E-state index contributed by atoms with van der Waals surface area (Å²) in [6.07, 6.45) is 2.92. The zero-order valence-electron chi connectivity index (χ0n) is 11.1. The Kier molecular flexibility index (Phi) is 3.55. The van der Waals surface area contributed by atoms with Crippen LogP contribution >= 0.6 is 0 Å². The molecule has 0 aliphatic heterocycles. The highest BCUT2D eigenvalue weighted by atomic mass is 16.5. The zero-order chi connectivity index (χ0) is 13.1. The Hall–Kier alpha value is -1.97. The smallest absolute Gasteiger partial charge is 0.119 e. The largest absolute Gasteiger partial charge is 0.497 e. The van der Waals surface area contributed by atoms with Crippen molar-refractivity contribution in [3.05, 3.63) is 30.5 Å². The molecule has 2 N–H and O–H groups in total. The van der Waals surface area contributed by atoms with Gasteiger partial charge < -0.3 is 10.5 Å². The van der Waals surface area contributed by atoms with Crippen LogP contribution in [0.15, 0.2) is 30.5 Å². The average molecular weight is 245 g/mol. The average Bonchev–Trinajstić information content (AvgIpc) is 2.80. The Labute approximate surface area is 107 Å². The molecule has 1 aromatic carbocycles. The minimum absolute atomic E-state index is 0.353. The fourth-order valence-electron chi connectivity index (χ4n) is 1.81. The van der Waals surface area contributed by atoms with Gasteiger partial charge >= 0.3 is 0 Å². The van der Waals surface area contributed by atoms with E-state index in [0.29, 0.717) is 11.7 Å². The second-order valence-corrected chi connectivity index (χ2v) is 4.40. The topological polar surface area (TPSA) is 53.1 Å². The summed E-state index contributed by atoms with van der Waals surface area (Å²) in [4.78, 5) is 0. The summed E-state index contributed by atoms with van der Waals surface area (Å²) >= 11 is 0. The second-order valence-electron chi connectivity index (χ2n) is 4.40. The minimum atomic E-state index is 0.353. The van der Waals surface area contributed by atoms with Crippen LogP contribution in [0.3, 0.4) is 0 Å². The summed E-state index contributed by atoms with van der Waals surface area (Å²) in [7, 11) is 1.65. The van der Waals surface area contributed by atoms with E-state index in [2.05, 4.69) is 18.9 Å². The van der Waals surface area contributed by atoms with E-state index in [9.17, 15) is 0 Å². The maximum absolute atomic E-state index is 6.03. The Morgan fingerprint density at radius 2 is 2.22 bits per heavy atom. The molecule has 0 bridgehead atoms. The lowest BCUT2D eigenvalue weighted by Crippen LogP contribution is -2.04. The molecule has 2 aromatic rings. The van der Waals surface area contributed by atoms with Gasteiger partial charge in [0.05, 0.1) is 12.8 Å². The standard InChI is InChI=1S/C14H19N3O/c1-4-10(2)17-9-13(15)14(16-17)11-6-5-7-12(8-11)18-3/h5-10H,4,15H2,1-3H3. The lowest BCUT2D eigenvalue weighted by Gasteiger charge is -2.08. The molecule has 2 rings (SSSR count). The van der Waals surface area contributed by atoms with Gasteiger partial charge in [0.1, 0.15) is 11.4 Å². The predicted octanol–water partition coefficient (Wildman–Crippen LogP) is 3.11. The molecule has 1 aromatic heterocycles. The number of methoxy groups -OCH3 is 1. The third kappa shape index (κ3) is 2.32. The molecule has 1 atom stereocenters. The first-order valence-electron chi connectivity index (χ1n) is 6.14. The SMILES string of the molecule is CCC(C)n1cc(N)c(-c2cccc(OC)c2)n1. The molecule has 1 unspecified atom stereocenters. The van der Waals surface area contributed by atoms with E-state index in [1.165, 1.54) is 0 Å². The summed E-state index contributed by atoms with van der Waals surface area (Å²) in [5.74, 6) is 0.810. The molecular weight excluding hydrogens is 226 g/mol. The van der Waals surface area contributed by atoms with Crippen LogP contribution in [0.25, 0.3) is 11.3 Å². The number of nitrogens with two attached hydrogens (primary N) is 1. The highest BCUT2D eigenvalue weighted by Gasteiger charge is 2.11. The number of anilines is 1. The number of nitrogens with zero attached hydrogens (tertiary/aromatic N) is 2. The summed E-state index contributed by atoms with van der Waals surface area (Å²) in [6, 6.07) is 8.13. The first kappa shape index (κ1) is 12.5. The minimum Gasteiger partial charge on any atom is -0.497 e. The van der Waals surface area contributed by atoms with E-state index in [4.69, 9.17) is 10.5 Å². The third-order valence-corrected chi connectivity index (χ3v) is 3.15. The van der Waals surface area contributed by atoms with E-state index in [-0.39, 0.29) is 0 Å². The molecule has 0 saturated heterocycles. The molecule has 4 nitrogen and oxygen atoms in total. The normalized spacial score (nSPS) is 12.4. The molecule has 96 valence electrons. The molecule has 1 heterocycles. The Bertz CT molecular complexity index is 534. The van der Waals surface area contributed by atoms with Crippen LogP contribution in [0.2, 0.25) is 0 Å². The van der Waals surface area contributed by atoms with Gasteiger partial charge in [-0.25, -0.2) is 0 Å². The predicted molar refractivity (Wildman–Crippen MR) is 73.6 cm³/mol. The van der Waals surface area contributed by atoms with Crippen molar-refractivity contribution in [3.63, 3.8) is 0 Å². The van der Waals surface area contributed by atoms with E-state index < -0.39 is 0 Å². The molecular formula is C14H19N3O. The van der Waals surface area contributed by atoms with E-state index in [0.717, 1.165) is 23.4 Å². The van der Waals surface area contributed by atoms with Gasteiger partial charge in [-0.05, 0) is 25.5 Å². The van der Waals surface area contributed by atoms with E-state index in [1.807, 2.05) is 35.1 Å². The summed E-state index contributed by atoms with van der Waals surface area (Å²) in [6.45, 7) is 4.26. The van der Waals surface area contributed by atoms with Crippen LogP contribution < -0.4 is 10.5 Å². The van der Waals surface area contributed by atoms with E-state index in [1.54, 1.807) is 7.11 Å². The lowest BCUT2D eigenvalue weighted by atomic mass is 10.1. The number of hydrogen-bond donors (Lipinski definition) is 1. The van der Waals surface area contributed by atoms with Crippen LogP contribution in [0.4, 0.5) is 5.69 Å². The Morgan fingerprint density at radius 3 is 2.89 bits per heavy atom. The maximum Gasteiger partial charge on any atom is 0.119 e. The number of aromatic nitrogens is 2. The molecule has 0 amide bonds. The van der Waals surface area contributed by atoms with Crippen LogP contribution in [-0.4, -0.2) is 16.9 Å². The van der Waals surface area contributed by atoms with Gasteiger partial charge in [0.25, 0.3) is 0 Å². The number of benzene rings is 1. The van der Waals surface area contributed by atoms with Gasteiger partial charge in [0.2, 0.25) is 0 Å². The number of rotatable bonds is 4. The highest BCUT2D eigenvalue weighted by Crippen LogP contribution is 2.28. The van der Waals surface area contributed by atoms with Gasteiger partial charge in [-0.1, -0.05) is 19.1 Å². The highest BCUT2D eigenvalue weighted by molar-refractivity contribution is 5.72. The monoisotopic (exact) mass is 245 g/mol. The summed E-state index contributed by atoms with van der Waals surface area (Å²) in [5.41, 5.74) is 8.53. The third-order valence-electron chi connectivity index (χ3n) is 3.15. The first-order chi connectivity index (χ1) is 8.65. The Morgan fingerprint density at radius 1 is 1.44 bits per heavy atom. The van der Waals surface area contributed by atoms with Crippen LogP contribution in [0.5, 0.6) is 5.75 Å². The van der Waals surface area contributed by atoms with Crippen molar-refractivity contribution in [2.45, 2.75) is 26.3 Å². The Balaban J connectivity index is 2.40. The van der Waals surface area contributed by atoms with Crippen molar-refractivity contribution in [2.75, 3.05) is 12.8 Å². The fraction of sp³-hybridized carbons (Fsp3) is 0.357. The number of hydrogen-bond acceptors (Lipinski definition) is 3. The van der Waals surface area contributed by atoms with Crippen molar-refractivity contribution in [1.82, 2.24) is 9.78 Å². The summed E-state index contributed by atoms with van der Waals surface area (Å²) < 4.78 is 7.14. The van der Waals surface area contributed by atoms with Crippen molar-refractivity contribution >= 4 is 5.69 Å². The summed E-state index contributed by atoms with van der Waals surface area (Å²) in [5, 5.41) is 4.56. The van der Waals surface area contributed by atoms with Crippen LogP contribution in [0.1, 0.15) is 26.3 Å². The van der Waals surface area contributed by atoms with Crippen molar-refractivity contribution < 1.29 is 4.74 Å². The molecule has 0 radical (unpaired) electrons. The molecule has 0 fully saturated rings. The van der Waals surface area contributed by atoms with Gasteiger partial charge in [-0.3, -0.25) is 4.68 Å². The molecule has 0 saturated carbocycles. The van der Waals surface area contributed by atoms with Gasteiger partial charge in [0, 0.05) is 17.8 Å². The van der Waals surface area contributed by atoms with Gasteiger partial charge in [0.15, 0.2) is 0 Å². The molecule has 0 aliphatic carbocycles. The second kappa shape index (κ2) is 5.12. The maximum atomic E-state index is 6.03. The number of nitrogen functional groups attached to an aromatic ring is 1. The molecule has 18 heavy (non-hydrogen) atoms. The molecule has 0 spiro atoms. The lowest BCUT2D eigenvalue weighted by molar-refractivity contribution is 0.415. The van der Waals surface area contributed by atoms with E-state index >= 15 is 0 Å². The zero-order valence-corrected chi connectivity index (χ0v) is 11.1. The van der Waals surface area contributed by atoms with Crippen molar-refractivity contribution in [1.29, 1.82) is 0 Å². The van der Waals surface area contributed by atoms with Gasteiger partial charge in [-0.15, -0.1) is 0 Å².